The lowest BCUT2D eigenvalue weighted by Gasteiger charge is -2.11. The average molecular weight is 415 g/mol. The largest absolute Gasteiger partial charge is 0.385 e. The zero-order chi connectivity index (χ0) is 15.4. The number of non-ortho nitro benzene ring substituents is 1. The van der Waals surface area contributed by atoms with Crippen molar-refractivity contribution in [2.75, 3.05) is 17.2 Å². The van der Waals surface area contributed by atoms with Crippen LogP contribution in [0.25, 0.3) is 0 Å². The third-order valence-corrected chi connectivity index (χ3v) is 3.87. The Morgan fingerprint density at radius 1 is 1.14 bits per heavy atom. The fourth-order valence-corrected chi connectivity index (χ4v) is 2.99. The topological polar surface area (TPSA) is 67.2 Å². The molecule has 0 saturated heterocycles. The number of nitro benzene ring substituents is 1. The summed E-state index contributed by atoms with van der Waals surface area (Å²) in [4.78, 5) is 10.6. The molecule has 0 heterocycles. The van der Waals surface area contributed by atoms with Gasteiger partial charge in [0.1, 0.15) is 0 Å². The maximum absolute atomic E-state index is 11.0. The van der Waals surface area contributed by atoms with Crippen molar-refractivity contribution in [1.29, 1.82) is 0 Å². The predicted octanol–water partition coefficient (Wildman–Crippen LogP) is 5.30. The minimum Gasteiger partial charge on any atom is -0.385 e. The number of anilines is 3. The first-order valence-corrected chi connectivity index (χ1v) is 7.83. The van der Waals surface area contributed by atoms with Crippen LogP contribution in [0.4, 0.5) is 22.7 Å². The van der Waals surface area contributed by atoms with Crippen LogP contribution in [-0.2, 0) is 0 Å². The van der Waals surface area contributed by atoms with E-state index in [1.807, 2.05) is 31.2 Å². The van der Waals surface area contributed by atoms with Gasteiger partial charge in [0.2, 0.25) is 0 Å². The van der Waals surface area contributed by atoms with Crippen molar-refractivity contribution >= 4 is 54.6 Å². The van der Waals surface area contributed by atoms with Gasteiger partial charge in [0.25, 0.3) is 5.69 Å². The van der Waals surface area contributed by atoms with Gasteiger partial charge in [0.05, 0.1) is 10.6 Å². The molecular formula is C14H13Br2N3O2. The summed E-state index contributed by atoms with van der Waals surface area (Å²) in [6.07, 6.45) is 0. The van der Waals surface area contributed by atoms with Crippen LogP contribution in [0.5, 0.6) is 0 Å². The van der Waals surface area contributed by atoms with Crippen LogP contribution in [-0.4, -0.2) is 11.5 Å². The van der Waals surface area contributed by atoms with Gasteiger partial charge in [-0.05, 0) is 47.1 Å². The van der Waals surface area contributed by atoms with E-state index < -0.39 is 4.92 Å². The molecule has 0 spiro atoms. The van der Waals surface area contributed by atoms with Crippen molar-refractivity contribution in [2.45, 2.75) is 6.92 Å². The van der Waals surface area contributed by atoms with E-state index in [-0.39, 0.29) is 5.69 Å². The molecule has 0 aliphatic heterocycles. The van der Waals surface area contributed by atoms with Gasteiger partial charge in [-0.15, -0.1) is 0 Å². The Morgan fingerprint density at radius 2 is 1.86 bits per heavy atom. The zero-order valence-electron chi connectivity index (χ0n) is 11.2. The smallest absolute Gasteiger partial charge is 0.273 e. The Bertz CT molecular complexity index is 677. The van der Waals surface area contributed by atoms with Crippen LogP contribution in [0.1, 0.15) is 6.92 Å². The van der Waals surface area contributed by atoms with Crippen molar-refractivity contribution in [2.24, 2.45) is 0 Å². The first-order chi connectivity index (χ1) is 9.99. The molecule has 0 unspecified atom stereocenters. The minimum absolute atomic E-state index is 0.0455. The van der Waals surface area contributed by atoms with Gasteiger partial charge in [-0.1, -0.05) is 15.9 Å². The summed E-state index contributed by atoms with van der Waals surface area (Å²) in [5.41, 5.74) is 2.25. The number of nitro groups is 1. The molecule has 2 aromatic rings. The van der Waals surface area contributed by atoms with E-state index in [0.29, 0.717) is 17.9 Å². The number of rotatable bonds is 5. The number of hydrogen-bond acceptors (Lipinski definition) is 4. The molecule has 2 aromatic carbocycles. The standard InChI is InChI=1S/C14H13Br2N3O2/c1-2-17-10-6-11(8-12(7-10)19(20)21)18-14-4-3-9(15)5-13(14)16/h3-8,17-18H,2H2,1H3. The van der Waals surface area contributed by atoms with E-state index in [2.05, 4.69) is 42.5 Å². The van der Waals surface area contributed by atoms with Crippen LogP contribution < -0.4 is 10.6 Å². The van der Waals surface area contributed by atoms with Crippen molar-refractivity contribution in [3.05, 3.63) is 55.5 Å². The Kier molecular flexibility index (Phi) is 5.19. The van der Waals surface area contributed by atoms with E-state index in [4.69, 9.17) is 0 Å². The molecule has 0 fully saturated rings. The molecule has 0 atom stereocenters. The Hall–Kier alpha value is -1.60. The molecule has 0 saturated carbocycles. The van der Waals surface area contributed by atoms with E-state index in [1.165, 1.54) is 12.1 Å². The molecule has 0 radical (unpaired) electrons. The highest BCUT2D eigenvalue weighted by Crippen LogP contribution is 2.31. The summed E-state index contributed by atoms with van der Waals surface area (Å²) >= 11 is 6.85. The predicted molar refractivity (Wildman–Crippen MR) is 92.4 cm³/mol. The quantitative estimate of drug-likeness (QED) is 0.514. The van der Waals surface area contributed by atoms with Gasteiger partial charge in [-0.2, -0.15) is 0 Å². The van der Waals surface area contributed by atoms with Crippen molar-refractivity contribution < 1.29 is 4.92 Å². The van der Waals surface area contributed by atoms with Gasteiger partial charge in [0, 0.05) is 39.0 Å². The number of hydrogen-bond donors (Lipinski definition) is 2. The fraction of sp³-hybridized carbons (Fsp3) is 0.143. The molecule has 0 aliphatic carbocycles. The first-order valence-electron chi connectivity index (χ1n) is 6.25. The fourth-order valence-electron chi connectivity index (χ4n) is 1.84. The summed E-state index contributed by atoms with van der Waals surface area (Å²) in [7, 11) is 0. The van der Waals surface area contributed by atoms with Crippen LogP contribution in [0, 0.1) is 10.1 Å². The molecule has 0 aromatic heterocycles. The van der Waals surface area contributed by atoms with E-state index in [1.54, 1.807) is 0 Å². The lowest BCUT2D eigenvalue weighted by atomic mass is 10.2. The second-order valence-electron chi connectivity index (χ2n) is 4.31. The third kappa shape index (κ3) is 4.18. The second-order valence-corrected chi connectivity index (χ2v) is 6.08. The zero-order valence-corrected chi connectivity index (χ0v) is 14.4. The van der Waals surface area contributed by atoms with Gasteiger partial charge in [0.15, 0.2) is 0 Å². The van der Waals surface area contributed by atoms with Gasteiger partial charge in [-0.25, -0.2) is 0 Å². The molecule has 110 valence electrons. The third-order valence-electron chi connectivity index (χ3n) is 2.72. The lowest BCUT2D eigenvalue weighted by molar-refractivity contribution is -0.384. The summed E-state index contributed by atoms with van der Waals surface area (Å²) in [6.45, 7) is 2.64. The van der Waals surface area contributed by atoms with Crippen LogP contribution in [0.2, 0.25) is 0 Å². The molecule has 0 bridgehead atoms. The molecule has 2 rings (SSSR count). The molecule has 5 nitrogen and oxygen atoms in total. The summed E-state index contributed by atoms with van der Waals surface area (Å²) < 4.78 is 1.82. The van der Waals surface area contributed by atoms with Crippen LogP contribution in [0.3, 0.4) is 0 Å². The highest BCUT2D eigenvalue weighted by Gasteiger charge is 2.10. The Morgan fingerprint density at radius 3 is 2.48 bits per heavy atom. The summed E-state index contributed by atoms with van der Waals surface area (Å²) in [5.74, 6) is 0. The number of nitrogens with zero attached hydrogens (tertiary/aromatic N) is 1. The molecule has 0 amide bonds. The molecule has 21 heavy (non-hydrogen) atoms. The Balaban J connectivity index is 2.36. The molecule has 7 heteroatoms. The van der Waals surface area contributed by atoms with Crippen LogP contribution in [0.15, 0.2) is 45.3 Å². The van der Waals surface area contributed by atoms with Crippen molar-refractivity contribution in [3.63, 3.8) is 0 Å². The second kappa shape index (κ2) is 6.91. The summed E-state index contributed by atoms with van der Waals surface area (Å²) in [5, 5.41) is 17.3. The van der Waals surface area contributed by atoms with Gasteiger partial charge in [-0.3, -0.25) is 10.1 Å². The first kappa shape index (κ1) is 15.8. The van der Waals surface area contributed by atoms with E-state index in [9.17, 15) is 10.1 Å². The van der Waals surface area contributed by atoms with Gasteiger partial charge >= 0.3 is 0 Å². The monoisotopic (exact) mass is 413 g/mol. The maximum Gasteiger partial charge on any atom is 0.273 e. The van der Waals surface area contributed by atoms with E-state index in [0.717, 1.165) is 14.6 Å². The van der Waals surface area contributed by atoms with Gasteiger partial charge < -0.3 is 10.6 Å². The average Bonchev–Trinajstić information content (AvgIpc) is 2.42. The highest BCUT2D eigenvalue weighted by molar-refractivity contribution is 9.11. The maximum atomic E-state index is 11.0. The Labute approximate surface area is 139 Å². The molecular weight excluding hydrogens is 402 g/mol. The molecule has 2 N–H and O–H groups in total. The van der Waals surface area contributed by atoms with Crippen LogP contribution >= 0.6 is 31.9 Å². The minimum atomic E-state index is -0.400. The molecule has 0 aliphatic rings. The summed E-state index contributed by atoms with van der Waals surface area (Å²) in [6, 6.07) is 10.6. The normalized spacial score (nSPS) is 10.2. The van der Waals surface area contributed by atoms with Crippen molar-refractivity contribution in [1.82, 2.24) is 0 Å². The van der Waals surface area contributed by atoms with Crippen molar-refractivity contribution in [3.8, 4) is 0 Å². The van der Waals surface area contributed by atoms with E-state index >= 15 is 0 Å². The highest BCUT2D eigenvalue weighted by atomic mass is 79.9. The number of nitrogens with one attached hydrogen (secondary N) is 2. The lowest BCUT2D eigenvalue weighted by Crippen LogP contribution is -2.00. The SMILES string of the molecule is CCNc1cc(Nc2ccc(Br)cc2Br)cc([N+](=O)[O-])c1. The number of benzene rings is 2. The number of halogens is 2.